The number of aryl methyl sites for hydroxylation is 1. The van der Waals surface area contributed by atoms with Gasteiger partial charge in [0.2, 0.25) is 5.91 Å². The van der Waals surface area contributed by atoms with Crippen LogP contribution in [0.1, 0.15) is 33.8 Å². The van der Waals surface area contributed by atoms with E-state index in [4.69, 9.17) is 16.3 Å². The molecule has 28 heavy (non-hydrogen) atoms. The molecule has 7 heteroatoms. The molecule has 2 aromatic carbocycles. The van der Waals surface area contributed by atoms with Gasteiger partial charge >= 0.3 is 0 Å². The van der Waals surface area contributed by atoms with Crippen LogP contribution >= 0.6 is 22.9 Å². The van der Waals surface area contributed by atoms with Gasteiger partial charge in [-0.25, -0.2) is 0 Å². The van der Waals surface area contributed by atoms with E-state index in [9.17, 15) is 9.59 Å². The Kier molecular flexibility index (Phi) is 6.21. The molecule has 2 N–H and O–H groups in total. The van der Waals surface area contributed by atoms with E-state index in [1.54, 1.807) is 7.11 Å². The summed E-state index contributed by atoms with van der Waals surface area (Å²) >= 11 is 7.62. The Balaban J connectivity index is 1.63. The van der Waals surface area contributed by atoms with Crippen molar-refractivity contribution in [1.29, 1.82) is 0 Å². The lowest BCUT2D eigenvalue weighted by atomic mass is 10.0. The lowest BCUT2D eigenvalue weighted by Gasteiger charge is -2.18. The third-order valence-electron chi connectivity index (χ3n) is 4.38. The quantitative estimate of drug-likeness (QED) is 0.622. The number of fused-ring (bicyclic) bond motifs is 1. The molecule has 3 rings (SSSR count). The number of amides is 2. The summed E-state index contributed by atoms with van der Waals surface area (Å²) in [6.45, 7) is 3.72. The van der Waals surface area contributed by atoms with Crippen molar-refractivity contribution in [2.45, 2.75) is 19.9 Å². The predicted octanol–water partition coefficient (Wildman–Crippen LogP) is 4.48. The molecule has 0 fully saturated rings. The summed E-state index contributed by atoms with van der Waals surface area (Å²) in [5.41, 5.74) is 1.96. The van der Waals surface area contributed by atoms with Crippen LogP contribution in [0.4, 0.5) is 0 Å². The lowest BCUT2D eigenvalue weighted by molar-refractivity contribution is -0.120. The summed E-state index contributed by atoms with van der Waals surface area (Å²) in [6.07, 6.45) is 0. The number of benzene rings is 2. The Hall–Kier alpha value is -2.57. The van der Waals surface area contributed by atoms with E-state index in [1.807, 2.05) is 56.3 Å². The Morgan fingerprint density at radius 3 is 2.68 bits per heavy atom. The number of hydrogen-bond donors (Lipinski definition) is 2. The van der Waals surface area contributed by atoms with Crippen LogP contribution in [0, 0.1) is 6.92 Å². The van der Waals surface area contributed by atoms with E-state index in [-0.39, 0.29) is 24.4 Å². The number of halogens is 1. The Bertz CT molecular complexity index is 1030. The second kappa shape index (κ2) is 8.63. The molecule has 0 spiro atoms. The fourth-order valence-electron chi connectivity index (χ4n) is 2.96. The van der Waals surface area contributed by atoms with Crippen LogP contribution in [-0.4, -0.2) is 25.5 Å². The molecule has 0 saturated carbocycles. The molecule has 0 unspecified atom stereocenters. The third-order valence-corrected chi connectivity index (χ3v) is 6.05. The third kappa shape index (κ3) is 4.29. The zero-order valence-corrected chi connectivity index (χ0v) is 17.4. The minimum atomic E-state index is -0.359. The highest BCUT2D eigenvalue weighted by molar-refractivity contribution is 7.21. The molecule has 1 atom stereocenters. The molecule has 3 aromatic rings. The first-order chi connectivity index (χ1) is 13.4. The van der Waals surface area contributed by atoms with Crippen molar-refractivity contribution < 1.29 is 14.3 Å². The molecule has 0 saturated heterocycles. The monoisotopic (exact) mass is 416 g/mol. The van der Waals surface area contributed by atoms with E-state index < -0.39 is 0 Å². The van der Waals surface area contributed by atoms with Crippen LogP contribution in [0.5, 0.6) is 5.75 Å². The summed E-state index contributed by atoms with van der Waals surface area (Å²) < 4.78 is 6.30. The smallest absolute Gasteiger partial charge is 0.263 e. The second-order valence-corrected chi connectivity index (χ2v) is 7.89. The highest BCUT2D eigenvalue weighted by atomic mass is 35.5. The average molecular weight is 417 g/mol. The molecule has 0 aliphatic rings. The summed E-state index contributed by atoms with van der Waals surface area (Å²) in [4.78, 5) is 25.2. The van der Waals surface area contributed by atoms with Gasteiger partial charge in [-0.1, -0.05) is 47.5 Å². The molecule has 0 radical (unpaired) electrons. The molecule has 1 aromatic heterocycles. The highest BCUT2D eigenvalue weighted by Gasteiger charge is 2.19. The molecular formula is C21H21ClN2O3S. The van der Waals surface area contributed by atoms with E-state index in [1.165, 1.54) is 11.3 Å². The van der Waals surface area contributed by atoms with E-state index in [0.717, 1.165) is 21.2 Å². The Labute approximate surface area is 172 Å². The summed E-state index contributed by atoms with van der Waals surface area (Å²) in [5.74, 6) is 0.0586. The van der Waals surface area contributed by atoms with Crippen molar-refractivity contribution in [3.63, 3.8) is 0 Å². The zero-order chi connectivity index (χ0) is 20.3. The Morgan fingerprint density at radius 2 is 1.96 bits per heavy atom. The maximum absolute atomic E-state index is 12.5. The van der Waals surface area contributed by atoms with Crippen LogP contribution in [0.25, 0.3) is 10.1 Å². The topological polar surface area (TPSA) is 67.4 Å². The fourth-order valence-corrected chi connectivity index (χ4v) is 4.40. The molecule has 0 bridgehead atoms. The molecule has 2 amide bonds. The first-order valence-electron chi connectivity index (χ1n) is 8.80. The summed E-state index contributed by atoms with van der Waals surface area (Å²) in [7, 11) is 1.59. The summed E-state index contributed by atoms with van der Waals surface area (Å²) in [6, 6.07) is 13.1. The normalized spacial score (nSPS) is 11.9. The Morgan fingerprint density at radius 1 is 1.21 bits per heavy atom. The molecule has 0 aliphatic carbocycles. The minimum absolute atomic E-state index is 0.137. The van der Waals surface area contributed by atoms with Crippen molar-refractivity contribution in [3.8, 4) is 5.75 Å². The molecule has 0 aliphatic heterocycles. The van der Waals surface area contributed by atoms with Gasteiger partial charge in [-0.15, -0.1) is 11.3 Å². The van der Waals surface area contributed by atoms with Crippen molar-refractivity contribution in [1.82, 2.24) is 10.6 Å². The van der Waals surface area contributed by atoms with Gasteiger partial charge in [0, 0.05) is 15.6 Å². The van der Waals surface area contributed by atoms with Gasteiger partial charge in [0.1, 0.15) is 10.6 Å². The number of ether oxygens (including phenoxy) is 1. The number of carbonyl (C=O) groups is 2. The number of nitrogens with one attached hydrogen (secondary N) is 2. The first kappa shape index (κ1) is 20.2. The van der Waals surface area contributed by atoms with Crippen LogP contribution in [-0.2, 0) is 4.79 Å². The number of hydrogen-bond acceptors (Lipinski definition) is 4. The van der Waals surface area contributed by atoms with Crippen LogP contribution in [0.3, 0.4) is 0 Å². The number of methoxy groups -OCH3 is 1. The van der Waals surface area contributed by atoms with Gasteiger partial charge in [-0.2, -0.15) is 0 Å². The number of thiophene rings is 1. The van der Waals surface area contributed by atoms with Gasteiger partial charge in [0.15, 0.2) is 0 Å². The van der Waals surface area contributed by atoms with Crippen molar-refractivity contribution in [2.24, 2.45) is 0 Å². The van der Waals surface area contributed by atoms with E-state index >= 15 is 0 Å². The van der Waals surface area contributed by atoms with Gasteiger partial charge in [-0.05, 0) is 26.0 Å². The first-order valence-corrected chi connectivity index (χ1v) is 9.99. The summed E-state index contributed by atoms with van der Waals surface area (Å²) in [5, 5.41) is 6.77. The van der Waals surface area contributed by atoms with E-state index in [2.05, 4.69) is 10.6 Å². The van der Waals surface area contributed by atoms with Gasteiger partial charge in [0.05, 0.1) is 24.7 Å². The van der Waals surface area contributed by atoms with Crippen LogP contribution < -0.4 is 15.4 Å². The molecular weight excluding hydrogens is 396 g/mol. The van der Waals surface area contributed by atoms with Crippen LogP contribution in [0.2, 0.25) is 5.02 Å². The van der Waals surface area contributed by atoms with Gasteiger partial charge in [0.25, 0.3) is 5.91 Å². The van der Waals surface area contributed by atoms with Crippen molar-refractivity contribution in [3.05, 3.63) is 63.5 Å². The van der Waals surface area contributed by atoms with Gasteiger partial charge in [-0.3, -0.25) is 9.59 Å². The minimum Gasteiger partial charge on any atom is -0.496 e. The fraction of sp³-hybridized carbons (Fsp3) is 0.238. The van der Waals surface area contributed by atoms with Gasteiger partial charge < -0.3 is 15.4 Å². The maximum Gasteiger partial charge on any atom is 0.263 e. The standard InChI is InChI=1S/C21H21ClN2O3S/c1-12-8-9-16(27-3)15(10-12)13(2)24-18(25)11-23-21(26)20-19(22)14-6-4-5-7-17(14)28-20/h4-10,13H,11H2,1-3H3,(H,23,26)(H,24,25)/t13-/m0/s1. The maximum atomic E-state index is 12.5. The average Bonchev–Trinajstić information content (AvgIpc) is 3.03. The SMILES string of the molecule is COc1ccc(C)cc1[C@H](C)NC(=O)CNC(=O)c1sc2ccccc2c1Cl. The molecule has 146 valence electrons. The zero-order valence-electron chi connectivity index (χ0n) is 15.8. The largest absolute Gasteiger partial charge is 0.496 e. The van der Waals surface area contributed by atoms with Crippen molar-refractivity contribution in [2.75, 3.05) is 13.7 Å². The van der Waals surface area contributed by atoms with Crippen LogP contribution in [0.15, 0.2) is 42.5 Å². The number of rotatable bonds is 6. The number of carbonyl (C=O) groups excluding carboxylic acids is 2. The molecule has 1 heterocycles. The second-order valence-electron chi connectivity index (χ2n) is 6.46. The molecule has 5 nitrogen and oxygen atoms in total. The van der Waals surface area contributed by atoms with E-state index in [0.29, 0.717) is 15.6 Å². The predicted molar refractivity (Wildman–Crippen MR) is 113 cm³/mol. The van der Waals surface area contributed by atoms with Crippen molar-refractivity contribution >= 4 is 44.8 Å². The lowest BCUT2D eigenvalue weighted by Crippen LogP contribution is -2.38. The highest BCUT2D eigenvalue weighted by Crippen LogP contribution is 2.35.